The van der Waals surface area contributed by atoms with E-state index in [1.807, 2.05) is 18.5 Å². The zero-order valence-electron chi connectivity index (χ0n) is 11.8. The Labute approximate surface area is 121 Å². The number of anilines is 1. The van der Waals surface area contributed by atoms with Gasteiger partial charge in [0.05, 0.1) is 10.4 Å². The minimum absolute atomic E-state index is 0.570. The fourth-order valence-electron chi connectivity index (χ4n) is 2.53. The molecule has 0 fully saturated rings. The summed E-state index contributed by atoms with van der Waals surface area (Å²) in [5.41, 5.74) is 9.35. The predicted octanol–water partition coefficient (Wildman–Crippen LogP) is 2.64. The second kappa shape index (κ2) is 4.86. The van der Waals surface area contributed by atoms with Crippen LogP contribution >= 0.6 is 11.3 Å². The fraction of sp³-hybridized carbons (Fsp3) is 0.357. The second-order valence-electron chi connectivity index (χ2n) is 4.89. The normalized spacial score (nSPS) is 11.3. The molecule has 0 saturated carbocycles. The highest BCUT2D eigenvalue weighted by Gasteiger charge is 2.16. The van der Waals surface area contributed by atoms with E-state index >= 15 is 0 Å². The van der Waals surface area contributed by atoms with Crippen molar-refractivity contribution in [2.45, 2.75) is 33.7 Å². The van der Waals surface area contributed by atoms with Gasteiger partial charge in [0.1, 0.15) is 17.3 Å². The molecule has 3 rings (SSSR count). The van der Waals surface area contributed by atoms with Crippen molar-refractivity contribution in [2.24, 2.45) is 0 Å². The van der Waals surface area contributed by atoms with E-state index in [0.29, 0.717) is 11.6 Å². The summed E-state index contributed by atoms with van der Waals surface area (Å²) in [5, 5.41) is 4.13. The van der Waals surface area contributed by atoms with Gasteiger partial charge >= 0.3 is 0 Å². The third kappa shape index (κ3) is 2.06. The van der Waals surface area contributed by atoms with Gasteiger partial charge in [-0.3, -0.25) is 0 Å². The van der Waals surface area contributed by atoms with Crippen molar-refractivity contribution < 1.29 is 0 Å². The molecule has 0 bridgehead atoms. The molecule has 0 aliphatic rings. The number of aryl methyl sites for hydroxylation is 4. The van der Waals surface area contributed by atoms with Crippen molar-refractivity contribution >= 4 is 28.2 Å². The second-order valence-corrected chi connectivity index (χ2v) is 5.87. The smallest absolute Gasteiger partial charge is 0.146 e. The zero-order valence-corrected chi connectivity index (χ0v) is 12.7. The van der Waals surface area contributed by atoms with Crippen molar-refractivity contribution in [1.82, 2.24) is 19.5 Å². The highest BCUT2D eigenvalue weighted by Crippen LogP contribution is 2.28. The maximum absolute atomic E-state index is 6.06. The maximum Gasteiger partial charge on any atom is 0.146 e. The van der Waals surface area contributed by atoms with Gasteiger partial charge in [-0.1, -0.05) is 0 Å². The molecule has 3 aromatic rings. The van der Waals surface area contributed by atoms with E-state index in [2.05, 4.69) is 33.4 Å². The van der Waals surface area contributed by atoms with Crippen molar-refractivity contribution in [3.8, 4) is 0 Å². The average molecular weight is 287 g/mol. The lowest BCUT2D eigenvalue weighted by atomic mass is 10.2. The number of fused-ring (bicyclic) bond motifs is 1. The Morgan fingerprint density at radius 2 is 2.05 bits per heavy atom. The highest BCUT2D eigenvalue weighted by molar-refractivity contribution is 7.09. The van der Waals surface area contributed by atoms with Crippen molar-refractivity contribution in [3.05, 3.63) is 33.7 Å². The van der Waals surface area contributed by atoms with Crippen molar-refractivity contribution in [3.63, 3.8) is 0 Å². The Hall–Kier alpha value is -1.95. The molecule has 5 nitrogen and oxygen atoms in total. The molecule has 3 heterocycles. The lowest BCUT2D eigenvalue weighted by Gasteiger charge is -2.07. The van der Waals surface area contributed by atoms with Crippen LogP contribution in [0.2, 0.25) is 0 Å². The van der Waals surface area contributed by atoms with E-state index in [0.717, 1.165) is 34.6 Å². The molecule has 0 atom stereocenters. The first-order valence-electron chi connectivity index (χ1n) is 6.56. The molecule has 20 heavy (non-hydrogen) atoms. The molecule has 0 saturated heterocycles. The van der Waals surface area contributed by atoms with E-state index < -0.39 is 0 Å². The summed E-state index contributed by atoms with van der Waals surface area (Å²) in [6.07, 6.45) is 2.75. The number of nitrogens with two attached hydrogens (primary N) is 1. The van der Waals surface area contributed by atoms with Gasteiger partial charge in [-0.05, 0) is 26.3 Å². The summed E-state index contributed by atoms with van der Waals surface area (Å²) < 4.78 is 2.22. The van der Waals surface area contributed by atoms with Crippen LogP contribution in [0.5, 0.6) is 0 Å². The number of hydrogen-bond donors (Lipinski definition) is 1. The van der Waals surface area contributed by atoms with Gasteiger partial charge in [0.25, 0.3) is 0 Å². The number of nitrogen functional groups attached to an aromatic ring is 1. The average Bonchev–Trinajstić information content (AvgIpc) is 2.97. The van der Waals surface area contributed by atoms with Crippen LogP contribution in [0.1, 0.15) is 22.1 Å². The molecule has 0 spiro atoms. The molecule has 0 radical (unpaired) electrons. The zero-order chi connectivity index (χ0) is 14.3. The van der Waals surface area contributed by atoms with Crippen LogP contribution in [0.25, 0.3) is 11.0 Å². The Morgan fingerprint density at radius 1 is 1.25 bits per heavy atom. The third-order valence-electron chi connectivity index (χ3n) is 3.64. The molecular weight excluding hydrogens is 270 g/mol. The minimum atomic E-state index is 0.570. The van der Waals surface area contributed by atoms with Crippen LogP contribution in [0.4, 0.5) is 5.82 Å². The topological polar surface area (TPSA) is 69.6 Å². The lowest BCUT2D eigenvalue weighted by Crippen LogP contribution is -2.05. The molecule has 3 aromatic heterocycles. The summed E-state index contributed by atoms with van der Waals surface area (Å²) in [6, 6.07) is 0. The summed E-state index contributed by atoms with van der Waals surface area (Å²) in [5.74, 6) is 1.28. The number of rotatable bonds is 3. The number of nitrogens with zero attached hydrogens (tertiary/aromatic N) is 4. The molecular formula is C14H17N5S. The largest absolute Gasteiger partial charge is 0.383 e. The molecule has 2 N–H and O–H groups in total. The number of hydrogen-bond acceptors (Lipinski definition) is 5. The Balaban J connectivity index is 2.07. The van der Waals surface area contributed by atoms with E-state index in [9.17, 15) is 0 Å². The van der Waals surface area contributed by atoms with Gasteiger partial charge < -0.3 is 10.3 Å². The highest BCUT2D eigenvalue weighted by atomic mass is 32.1. The Kier molecular flexibility index (Phi) is 3.17. The maximum atomic E-state index is 6.06. The first kappa shape index (κ1) is 13.1. The van der Waals surface area contributed by atoms with E-state index in [1.165, 1.54) is 5.69 Å². The molecule has 104 valence electrons. The van der Waals surface area contributed by atoms with Crippen LogP contribution in [-0.2, 0) is 13.0 Å². The standard InChI is InChI=1S/C14H17N5S/c1-8-9(2)19(6-4-11-16-5-7-20-11)14-12(8)13(15)17-10(3)18-14/h5,7H,4,6H2,1-3H3,(H2,15,17,18). The molecule has 0 aliphatic carbocycles. The first-order valence-corrected chi connectivity index (χ1v) is 7.43. The van der Waals surface area contributed by atoms with Crippen LogP contribution < -0.4 is 5.73 Å². The third-order valence-corrected chi connectivity index (χ3v) is 4.48. The monoisotopic (exact) mass is 287 g/mol. The van der Waals surface area contributed by atoms with E-state index in [-0.39, 0.29) is 0 Å². The van der Waals surface area contributed by atoms with Gasteiger partial charge in [-0.2, -0.15) is 0 Å². The minimum Gasteiger partial charge on any atom is -0.383 e. The SMILES string of the molecule is Cc1nc(N)c2c(C)c(C)n(CCc3nccs3)c2n1. The van der Waals surface area contributed by atoms with Crippen molar-refractivity contribution in [1.29, 1.82) is 0 Å². The van der Waals surface area contributed by atoms with Crippen LogP contribution in [0, 0.1) is 20.8 Å². The fourth-order valence-corrected chi connectivity index (χ4v) is 3.14. The Morgan fingerprint density at radius 3 is 2.75 bits per heavy atom. The number of aromatic nitrogens is 4. The van der Waals surface area contributed by atoms with Crippen LogP contribution in [0.3, 0.4) is 0 Å². The molecule has 0 amide bonds. The molecule has 0 unspecified atom stereocenters. The van der Waals surface area contributed by atoms with Gasteiger partial charge in [-0.15, -0.1) is 11.3 Å². The van der Waals surface area contributed by atoms with Gasteiger partial charge in [-0.25, -0.2) is 15.0 Å². The van der Waals surface area contributed by atoms with Gasteiger partial charge in [0.15, 0.2) is 0 Å². The van der Waals surface area contributed by atoms with E-state index in [4.69, 9.17) is 5.73 Å². The van der Waals surface area contributed by atoms with Crippen LogP contribution in [0.15, 0.2) is 11.6 Å². The molecule has 0 aromatic carbocycles. The lowest BCUT2D eigenvalue weighted by molar-refractivity contribution is 0.691. The molecule has 0 aliphatic heterocycles. The summed E-state index contributed by atoms with van der Waals surface area (Å²) in [7, 11) is 0. The van der Waals surface area contributed by atoms with Crippen molar-refractivity contribution in [2.75, 3.05) is 5.73 Å². The van der Waals surface area contributed by atoms with E-state index in [1.54, 1.807) is 11.3 Å². The van der Waals surface area contributed by atoms with Crippen LogP contribution in [-0.4, -0.2) is 19.5 Å². The summed E-state index contributed by atoms with van der Waals surface area (Å²) >= 11 is 1.68. The first-order chi connectivity index (χ1) is 9.58. The number of thiazole rings is 1. The summed E-state index contributed by atoms with van der Waals surface area (Å²) in [6.45, 7) is 6.92. The molecule has 6 heteroatoms. The van der Waals surface area contributed by atoms with Gasteiger partial charge in [0.2, 0.25) is 0 Å². The predicted molar refractivity (Wildman–Crippen MR) is 82.0 cm³/mol. The Bertz CT molecular complexity index is 758. The quantitative estimate of drug-likeness (QED) is 0.804. The summed E-state index contributed by atoms with van der Waals surface area (Å²) in [4.78, 5) is 13.2. The van der Waals surface area contributed by atoms with Gasteiger partial charge in [0, 0.05) is 30.2 Å².